The second-order valence-electron chi connectivity index (χ2n) is 7.36. The quantitative estimate of drug-likeness (QED) is 0.347. The molecule has 162 valence electrons. The predicted octanol–water partition coefficient (Wildman–Crippen LogP) is 7.93. The summed E-state index contributed by atoms with van der Waals surface area (Å²) in [6.45, 7) is 4.23. The molecule has 0 aliphatic carbocycles. The molecule has 3 aromatic rings. The monoisotopic (exact) mass is 480 g/mol. The summed E-state index contributed by atoms with van der Waals surface area (Å²) in [5.41, 5.74) is 4.87. The van der Waals surface area contributed by atoms with Crippen molar-refractivity contribution in [2.75, 3.05) is 4.90 Å². The smallest absolute Gasteiger partial charge is 0.268 e. The van der Waals surface area contributed by atoms with Gasteiger partial charge in [-0.1, -0.05) is 67.4 Å². The number of aliphatic imine (C=N–C) groups is 1. The number of hydrogen-bond acceptors (Lipinski definition) is 3. The van der Waals surface area contributed by atoms with Crippen LogP contribution in [-0.4, -0.2) is 11.1 Å². The molecular weight excluding hydrogens is 459 g/mol. The largest absolute Gasteiger partial charge is 0.271 e. The number of thioether (sulfide) groups is 1. The van der Waals surface area contributed by atoms with E-state index in [1.54, 1.807) is 17.0 Å². The van der Waals surface area contributed by atoms with Crippen LogP contribution in [0.15, 0.2) is 76.6 Å². The van der Waals surface area contributed by atoms with Gasteiger partial charge in [-0.05, 0) is 83.8 Å². The van der Waals surface area contributed by atoms with Gasteiger partial charge >= 0.3 is 0 Å². The molecule has 3 nitrogen and oxygen atoms in total. The van der Waals surface area contributed by atoms with Crippen LogP contribution in [0.5, 0.6) is 0 Å². The first-order valence-corrected chi connectivity index (χ1v) is 12.0. The first kappa shape index (κ1) is 22.7. The van der Waals surface area contributed by atoms with E-state index in [0.717, 1.165) is 29.8 Å². The van der Waals surface area contributed by atoms with E-state index in [-0.39, 0.29) is 5.91 Å². The molecule has 32 heavy (non-hydrogen) atoms. The number of carbonyl (C=O) groups excluding carboxylic acids is 1. The van der Waals surface area contributed by atoms with Crippen LogP contribution in [-0.2, 0) is 17.6 Å². The van der Waals surface area contributed by atoms with Crippen molar-refractivity contribution in [2.24, 2.45) is 4.99 Å². The van der Waals surface area contributed by atoms with Gasteiger partial charge < -0.3 is 0 Å². The number of halogens is 2. The van der Waals surface area contributed by atoms with Gasteiger partial charge in [0.2, 0.25) is 0 Å². The highest BCUT2D eigenvalue weighted by Gasteiger charge is 2.34. The fourth-order valence-corrected chi connectivity index (χ4v) is 4.63. The number of amidine groups is 1. The molecule has 1 heterocycles. The van der Waals surface area contributed by atoms with E-state index in [2.05, 4.69) is 26.0 Å². The van der Waals surface area contributed by atoms with E-state index < -0.39 is 0 Å². The Balaban J connectivity index is 1.75. The minimum atomic E-state index is -0.116. The number of carbonyl (C=O) groups is 1. The third kappa shape index (κ3) is 4.93. The molecule has 0 atom stereocenters. The Morgan fingerprint density at radius 1 is 0.875 bits per heavy atom. The van der Waals surface area contributed by atoms with E-state index in [1.165, 1.54) is 22.9 Å². The molecule has 0 aromatic heterocycles. The van der Waals surface area contributed by atoms with Crippen LogP contribution in [0.1, 0.15) is 30.5 Å². The lowest BCUT2D eigenvalue weighted by atomic mass is 10.1. The van der Waals surface area contributed by atoms with Gasteiger partial charge in [-0.15, -0.1) is 0 Å². The number of rotatable bonds is 5. The first-order chi connectivity index (χ1) is 15.5. The summed E-state index contributed by atoms with van der Waals surface area (Å²) in [6, 6.07) is 21.4. The lowest BCUT2D eigenvalue weighted by Crippen LogP contribution is -2.28. The van der Waals surface area contributed by atoms with Gasteiger partial charge in [0.1, 0.15) is 0 Å². The molecule has 1 fully saturated rings. The van der Waals surface area contributed by atoms with Crippen molar-refractivity contribution in [1.82, 2.24) is 0 Å². The standard InChI is InChI=1S/C26H22Cl2N2OS/c1-3-17-5-10-20(11-6-17)29-26-30(21-12-7-18(4-2)8-13-21)25(31)24(32-26)16-19-9-14-22(27)23(28)15-19/h5-16H,3-4H2,1-2H3/b24-16-,29-26?. The number of anilines is 1. The minimum Gasteiger partial charge on any atom is -0.268 e. The summed E-state index contributed by atoms with van der Waals surface area (Å²) in [4.78, 5) is 20.5. The van der Waals surface area contributed by atoms with Gasteiger partial charge in [-0.2, -0.15) is 0 Å². The molecule has 1 aliphatic rings. The highest BCUT2D eigenvalue weighted by atomic mass is 35.5. The van der Waals surface area contributed by atoms with Crippen LogP contribution in [0, 0.1) is 0 Å². The molecule has 0 saturated carbocycles. The molecule has 0 radical (unpaired) electrons. The van der Waals surface area contributed by atoms with Gasteiger partial charge in [0, 0.05) is 0 Å². The van der Waals surface area contributed by atoms with Crippen LogP contribution in [0.4, 0.5) is 11.4 Å². The van der Waals surface area contributed by atoms with Gasteiger partial charge in [0.25, 0.3) is 5.91 Å². The van der Waals surface area contributed by atoms with Gasteiger partial charge in [-0.3, -0.25) is 9.69 Å². The number of aryl methyl sites for hydroxylation is 2. The predicted molar refractivity (Wildman–Crippen MR) is 138 cm³/mol. The zero-order valence-electron chi connectivity index (χ0n) is 17.8. The topological polar surface area (TPSA) is 32.7 Å². The van der Waals surface area contributed by atoms with E-state index in [0.29, 0.717) is 20.1 Å². The summed E-state index contributed by atoms with van der Waals surface area (Å²) in [6.07, 6.45) is 3.73. The van der Waals surface area contributed by atoms with Crippen LogP contribution < -0.4 is 4.90 Å². The normalized spacial score (nSPS) is 16.4. The SMILES string of the molecule is CCc1ccc(N=C2S/C(=C\c3ccc(Cl)c(Cl)c3)C(=O)N2c2ccc(CC)cc2)cc1. The summed E-state index contributed by atoms with van der Waals surface area (Å²) in [5, 5.41) is 1.55. The number of benzene rings is 3. The van der Waals surface area contributed by atoms with Crippen molar-refractivity contribution in [3.8, 4) is 0 Å². The van der Waals surface area contributed by atoms with Crippen LogP contribution >= 0.6 is 35.0 Å². The number of amides is 1. The molecule has 0 N–H and O–H groups in total. The van der Waals surface area contributed by atoms with Crippen LogP contribution in [0.25, 0.3) is 6.08 Å². The maximum absolute atomic E-state index is 13.4. The lowest BCUT2D eigenvalue weighted by molar-refractivity contribution is -0.113. The van der Waals surface area contributed by atoms with Gasteiger partial charge in [-0.25, -0.2) is 4.99 Å². The molecule has 0 unspecified atom stereocenters. The second kappa shape index (κ2) is 9.95. The highest BCUT2D eigenvalue weighted by molar-refractivity contribution is 8.19. The Labute approximate surface area is 202 Å². The molecule has 4 rings (SSSR count). The summed E-state index contributed by atoms with van der Waals surface area (Å²) in [5.74, 6) is -0.116. The van der Waals surface area contributed by atoms with Crippen molar-refractivity contribution in [3.05, 3.63) is 98.4 Å². The fourth-order valence-electron chi connectivity index (χ4n) is 3.33. The van der Waals surface area contributed by atoms with Crippen LogP contribution in [0.2, 0.25) is 10.0 Å². The maximum atomic E-state index is 13.4. The zero-order valence-corrected chi connectivity index (χ0v) is 20.1. The molecule has 0 bridgehead atoms. The summed E-state index contributed by atoms with van der Waals surface area (Å²) < 4.78 is 0. The molecule has 1 amide bonds. The Bertz CT molecular complexity index is 1200. The first-order valence-electron chi connectivity index (χ1n) is 10.4. The summed E-state index contributed by atoms with van der Waals surface area (Å²) >= 11 is 13.6. The van der Waals surface area contributed by atoms with Gasteiger partial charge in [0.05, 0.1) is 26.3 Å². The van der Waals surface area contributed by atoms with Crippen LogP contribution in [0.3, 0.4) is 0 Å². The lowest BCUT2D eigenvalue weighted by Gasteiger charge is -2.16. The average molecular weight is 481 g/mol. The minimum absolute atomic E-state index is 0.116. The fraction of sp³-hybridized carbons (Fsp3) is 0.154. The van der Waals surface area contributed by atoms with Gasteiger partial charge in [0.15, 0.2) is 5.17 Å². The van der Waals surface area contributed by atoms with Crippen molar-refractivity contribution < 1.29 is 4.79 Å². The molecule has 1 aliphatic heterocycles. The van der Waals surface area contributed by atoms with Crippen molar-refractivity contribution in [1.29, 1.82) is 0 Å². The third-order valence-electron chi connectivity index (χ3n) is 5.22. The maximum Gasteiger partial charge on any atom is 0.271 e. The van der Waals surface area contributed by atoms with E-state index in [9.17, 15) is 4.79 Å². The number of hydrogen-bond donors (Lipinski definition) is 0. The molecular formula is C26H22Cl2N2OS. The van der Waals surface area contributed by atoms with E-state index >= 15 is 0 Å². The van der Waals surface area contributed by atoms with Crippen molar-refractivity contribution in [2.45, 2.75) is 26.7 Å². The van der Waals surface area contributed by atoms with Crippen molar-refractivity contribution in [3.63, 3.8) is 0 Å². The molecule has 3 aromatic carbocycles. The molecule has 0 spiro atoms. The van der Waals surface area contributed by atoms with E-state index in [1.807, 2.05) is 48.5 Å². The Hall–Kier alpha value is -2.53. The second-order valence-corrected chi connectivity index (χ2v) is 9.18. The Morgan fingerprint density at radius 2 is 1.50 bits per heavy atom. The molecule has 1 saturated heterocycles. The summed E-state index contributed by atoms with van der Waals surface area (Å²) in [7, 11) is 0. The number of nitrogens with zero attached hydrogens (tertiary/aromatic N) is 2. The van der Waals surface area contributed by atoms with E-state index in [4.69, 9.17) is 28.2 Å². The Morgan fingerprint density at radius 3 is 2.09 bits per heavy atom. The van der Waals surface area contributed by atoms with Crippen molar-refractivity contribution >= 4 is 63.5 Å². The Kier molecular flexibility index (Phi) is 7.04. The average Bonchev–Trinajstić information content (AvgIpc) is 3.11. The third-order valence-corrected chi connectivity index (χ3v) is 6.93. The highest BCUT2D eigenvalue weighted by Crippen LogP contribution is 2.38. The molecule has 6 heteroatoms. The zero-order chi connectivity index (χ0) is 22.7.